The molecule has 3 amide bonds. The number of carbonyl (C=O) groups excluding carboxylic acids is 3. The number of nitrogens with zero attached hydrogens (tertiary/aromatic N) is 2. The minimum Gasteiger partial charge on any atom is -0.469 e. The number of rotatable bonds is 1. The molecule has 0 bridgehead atoms. The number of imide groups is 1. The zero-order chi connectivity index (χ0) is 26.3. The third kappa shape index (κ3) is 2.83. The van der Waals surface area contributed by atoms with Crippen LogP contribution in [0.4, 0.5) is 16.2 Å². The number of thiocarbonyl (C=S) groups is 1. The Morgan fingerprint density at radius 1 is 0.973 bits per heavy atom. The number of carbonyl (C=O) groups is 3. The molecule has 3 aliphatic heterocycles. The van der Waals surface area contributed by atoms with Crippen LogP contribution in [-0.2, 0) is 25.3 Å². The van der Waals surface area contributed by atoms with Gasteiger partial charge in [-0.3, -0.25) is 9.59 Å². The van der Waals surface area contributed by atoms with Crippen molar-refractivity contribution in [3.63, 3.8) is 0 Å². The van der Waals surface area contributed by atoms with Gasteiger partial charge in [0.1, 0.15) is 16.8 Å². The maximum Gasteiger partial charge on any atom is 0.421 e. The van der Waals surface area contributed by atoms with Crippen LogP contribution in [0.1, 0.15) is 43.6 Å². The quantitative estimate of drug-likeness (QED) is 0.481. The zero-order valence-corrected chi connectivity index (χ0v) is 21.6. The molecule has 2 spiro atoms. The Bertz CT molecular complexity index is 1490. The highest BCUT2D eigenvalue weighted by atomic mass is 32.1. The highest BCUT2D eigenvalue weighted by Crippen LogP contribution is 2.63. The molecule has 3 aromatic rings. The molecular weight excluding hydrogens is 490 g/mol. The third-order valence-electron chi connectivity index (χ3n) is 7.38. The van der Waals surface area contributed by atoms with Crippen LogP contribution in [0.15, 0.2) is 71.3 Å². The van der Waals surface area contributed by atoms with Gasteiger partial charge in [0.05, 0.1) is 22.9 Å². The lowest BCUT2D eigenvalue weighted by Gasteiger charge is -2.34. The summed E-state index contributed by atoms with van der Waals surface area (Å²) in [4.78, 5) is 44.9. The second kappa shape index (κ2) is 7.52. The predicted molar refractivity (Wildman–Crippen MR) is 141 cm³/mol. The predicted octanol–water partition coefficient (Wildman–Crippen LogP) is 4.39. The number of fused-ring (bicyclic) bond motifs is 4. The van der Waals surface area contributed by atoms with Gasteiger partial charge in [-0.1, -0.05) is 48.6 Å². The fourth-order valence-corrected chi connectivity index (χ4v) is 6.54. The van der Waals surface area contributed by atoms with Crippen molar-refractivity contribution in [2.24, 2.45) is 0 Å². The molecule has 8 nitrogen and oxygen atoms in total. The molecule has 0 saturated carbocycles. The van der Waals surface area contributed by atoms with Crippen LogP contribution in [-0.4, -0.2) is 35.5 Å². The van der Waals surface area contributed by atoms with E-state index < -0.39 is 34.5 Å². The van der Waals surface area contributed by atoms with Crippen molar-refractivity contribution in [2.75, 3.05) is 16.8 Å². The van der Waals surface area contributed by atoms with Crippen LogP contribution >= 0.6 is 12.2 Å². The highest BCUT2D eigenvalue weighted by Gasteiger charge is 2.75. The SMILES string of the molecule is CN1C(=O)[C@]2(NC(=S)[C@@]3(C(=O)N(C(=O)OC(C)(C)C)c4ccccc43)[C@@H]2c2ccco2)c2ccccc21. The second-order valence-corrected chi connectivity index (χ2v) is 10.9. The molecule has 1 aromatic heterocycles. The van der Waals surface area contributed by atoms with Gasteiger partial charge in [0.25, 0.3) is 11.8 Å². The molecule has 1 saturated heterocycles. The molecule has 4 heterocycles. The van der Waals surface area contributed by atoms with Crippen LogP contribution in [0.25, 0.3) is 0 Å². The number of amides is 3. The number of hydrogen-bond acceptors (Lipinski definition) is 6. The number of benzene rings is 2. The second-order valence-electron chi connectivity index (χ2n) is 10.5. The molecule has 3 atom stereocenters. The number of para-hydroxylation sites is 2. The van der Waals surface area contributed by atoms with E-state index >= 15 is 0 Å². The Morgan fingerprint density at radius 2 is 1.62 bits per heavy atom. The summed E-state index contributed by atoms with van der Waals surface area (Å²) in [6.07, 6.45) is 0.698. The van der Waals surface area contributed by atoms with E-state index in [0.29, 0.717) is 28.3 Å². The molecule has 6 rings (SSSR count). The fraction of sp³-hybridized carbons (Fsp3) is 0.286. The van der Waals surface area contributed by atoms with E-state index in [4.69, 9.17) is 21.4 Å². The van der Waals surface area contributed by atoms with E-state index in [2.05, 4.69) is 5.32 Å². The number of furan rings is 1. The van der Waals surface area contributed by atoms with Gasteiger partial charge in [-0.25, -0.2) is 9.69 Å². The Balaban J connectivity index is 1.65. The normalized spacial score (nSPS) is 26.2. The number of anilines is 2. The molecule has 3 aliphatic rings. The minimum absolute atomic E-state index is 0.149. The zero-order valence-electron chi connectivity index (χ0n) is 20.8. The van der Waals surface area contributed by atoms with Crippen molar-refractivity contribution >= 4 is 46.5 Å². The van der Waals surface area contributed by atoms with Crippen LogP contribution in [0.2, 0.25) is 0 Å². The fourth-order valence-electron chi connectivity index (χ4n) is 6.07. The maximum absolute atomic E-state index is 14.6. The Kier molecular flexibility index (Phi) is 4.76. The van der Waals surface area contributed by atoms with Crippen LogP contribution in [0, 0.1) is 0 Å². The van der Waals surface area contributed by atoms with Gasteiger partial charge in [0, 0.05) is 18.3 Å². The Hall–Kier alpha value is -3.98. The molecule has 1 fully saturated rings. The van der Waals surface area contributed by atoms with Crippen molar-refractivity contribution in [1.29, 1.82) is 0 Å². The largest absolute Gasteiger partial charge is 0.469 e. The van der Waals surface area contributed by atoms with Crippen molar-refractivity contribution in [1.82, 2.24) is 5.32 Å². The number of likely N-dealkylation sites (N-methyl/N-ethyl adjacent to an activating group) is 1. The molecule has 1 N–H and O–H groups in total. The number of hydrogen-bond donors (Lipinski definition) is 1. The first-order valence-electron chi connectivity index (χ1n) is 12.0. The van der Waals surface area contributed by atoms with Gasteiger partial charge in [-0.2, -0.15) is 0 Å². The topological polar surface area (TPSA) is 92.1 Å². The van der Waals surface area contributed by atoms with E-state index in [9.17, 15) is 14.4 Å². The van der Waals surface area contributed by atoms with E-state index in [1.165, 1.54) is 6.26 Å². The van der Waals surface area contributed by atoms with Gasteiger partial charge < -0.3 is 19.4 Å². The monoisotopic (exact) mass is 515 g/mol. The van der Waals surface area contributed by atoms with Gasteiger partial charge in [0.2, 0.25) is 0 Å². The van der Waals surface area contributed by atoms with Gasteiger partial charge in [-0.15, -0.1) is 0 Å². The summed E-state index contributed by atoms with van der Waals surface area (Å²) >= 11 is 5.95. The molecule has 188 valence electrons. The minimum atomic E-state index is -1.59. The van der Waals surface area contributed by atoms with Gasteiger partial charge in [-0.05, 0) is 50.6 Å². The molecule has 9 heteroatoms. The maximum atomic E-state index is 14.6. The third-order valence-corrected chi connectivity index (χ3v) is 7.81. The molecular formula is C28H25N3O5S. The first-order valence-corrected chi connectivity index (χ1v) is 12.4. The Morgan fingerprint density at radius 3 is 2.27 bits per heavy atom. The molecule has 0 radical (unpaired) electrons. The summed E-state index contributed by atoms with van der Waals surface area (Å²) in [7, 11) is 1.70. The van der Waals surface area contributed by atoms with E-state index in [-0.39, 0.29) is 10.9 Å². The summed E-state index contributed by atoms with van der Waals surface area (Å²) in [6, 6.07) is 17.9. The van der Waals surface area contributed by atoms with E-state index in [1.54, 1.807) is 69.1 Å². The standard InChI is InChI=1S/C28H25N3O5S/c1-26(2,3)36-25(34)31-19-13-8-5-10-16(19)27(23(31)32)21(20-14-9-15-35-20)28(29-22(27)37)17-11-6-7-12-18(17)30(4)24(28)33/h5-15,21H,1-4H3,(H,29,37)/t21-,27-,28-/m0/s1. The summed E-state index contributed by atoms with van der Waals surface area (Å²) in [5.74, 6) is -1.36. The lowest BCUT2D eigenvalue weighted by Crippen LogP contribution is -2.52. The van der Waals surface area contributed by atoms with Crippen LogP contribution in [0.3, 0.4) is 0 Å². The first kappa shape index (κ1) is 23.4. The van der Waals surface area contributed by atoms with Gasteiger partial charge in [0.15, 0.2) is 5.54 Å². The summed E-state index contributed by atoms with van der Waals surface area (Å²) in [5.41, 5.74) is -1.57. The summed E-state index contributed by atoms with van der Waals surface area (Å²) in [5, 5.41) is 3.30. The molecule has 0 aliphatic carbocycles. The average molecular weight is 516 g/mol. The molecule has 37 heavy (non-hydrogen) atoms. The average Bonchev–Trinajstić information content (AvgIpc) is 3.57. The van der Waals surface area contributed by atoms with Crippen molar-refractivity contribution in [3.8, 4) is 0 Å². The summed E-state index contributed by atoms with van der Waals surface area (Å²) < 4.78 is 11.5. The smallest absolute Gasteiger partial charge is 0.421 e. The lowest BCUT2D eigenvalue weighted by molar-refractivity contribution is -0.125. The number of nitrogens with one attached hydrogen (secondary N) is 1. The van der Waals surface area contributed by atoms with Crippen molar-refractivity contribution in [3.05, 3.63) is 83.8 Å². The molecule has 0 unspecified atom stereocenters. The Labute approximate surface area is 219 Å². The summed E-state index contributed by atoms with van der Waals surface area (Å²) in [6.45, 7) is 5.21. The van der Waals surface area contributed by atoms with Crippen molar-refractivity contribution in [2.45, 2.75) is 43.2 Å². The van der Waals surface area contributed by atoms with E-state index in [0.717, 1.165) is 4.90 Å². The lowest BCUT2D eigenvalue weighted by atomic mass is 9.64. The van der Waals surface area contributed by atoms with Crippen LogP contribution in [0.5, 0.6) is 0 Å². The van der Waals surface area contributed by atoms with Crippen LogP contribution < -0.4 is 15.1 Å². The number of ether oxygens (including phenoxy) is 1. The van der Waals surface area contributed by atoms with Crippen molar-refractivity contribution < 1.29 is 23.5 Å². The molecule has 2 aromatic carbocycles. The van der Waals surface area contributed by atoms with Gasteiger partial charge >= 0.3 is 6.09 Å². The van der Waals surface area contributed by atoms with E-state index in [1.807, 2.05) is 24.3 Å². The first-order chi connectivity index (χ1) is 17.5. The highest BCUT2D eigenvalue weighted by molar-refractivity contribution is 7.80.